The summed E-state index contributed by atoms with van der Waals surface area (Å²) in [7, 11) is 0. The summed E-state index contributed by atoms with van der Waals surface area (Å²) in [5.74, 6) is 2.50. The first-order valence-electron chi connectivity index (χ1n) is 11.9. The number of pyridine rings is 1. The van der Waals surface area contributed by atoms with Crippen LogP contribution in [0.5, 0.6) is 0 Å². The number of nitrogens with one attached hydrogen (secondary N) is 1. The third-order valence-electron chi connectivity index (χ3n) is 6.37. The van der Waals surface area contributed by atoms with Crippen LogP contribution in [0.1, 0.15) is 38.3 Å². The SMILES string of the molecule is CCNC(=NCCc1ccncc1C)N1CCN(CC(=O)N2CC(C)CC(C)C2)CC1. The van der Waals surface area contributed by atoms with E-state index in [1.54, 1.807) is 0 Å². The van der Waals surface area contributed by atoms with Crippen LogP contribution in [0, 0.1) is 18.8 Å². The molecule has 1 amide bonds. The second kappa shape index (κ2) is 11.5. The molecule has 7 heteroatoms. The Morgan fingerprint density at radius 2 is 1.87 bits per heavy atom. The molecule has 2 unspecified atom stereocenters. The molecule has 31 heavy (non-hydrogen) atoms. The highest BCUT2D eigenvalue weighted by Crippen LogP contribution is 2.21. The molecule has 172 valence electrons. The number of guanidine groups is 1. The lowest BCUT2D eigenvalue weighted by Gasteiger charge is -2.39. The van der Waals surface area contributed by atoms with Gasteiger partial charge in [0, 0.05) is 64.8 Å². The van der Waals surface area contributed by atoms with Crippen molar-refractivity contribution < 1.29 is 4.79 Å². The number of amides is 1. The van der Waals surface area contributed by atoms with E-state index in [0.29, 0.717) is 24.3 Å². The number of hydrogen-bond acceptors (Lipinski definition) is 4. The second-order valence-corrected chi connectivity index (χ2v) is 9.30. The third kappa shape index (κ3) is 6.92. The van der Waals surface area contributed by atoms with E-state index in [-0.39, 0.29) is 0 Å². The van der Waals surface area contributed by atoms with Crippen LogP contribution >= 0.6 is 0 Å². The Kier molecular flexibility index (Phi) is 8.69. The topological polar surface area (TPSA) is 64.1 Å². The summed E-state index contributed by atoms with van der Waals surface area (Å²) in [5.41, 5.74) is 2.53. The lowest BCUT2D eigenvalue weighted by molar-refractivity contribution is -0.135. The number of aliphatic imine (C=N–C) groups is 1. The Morgan fingerprint density at radius 1 is 1.16 bits per heavy atom. The van der Waals surface area contributed by atoms with Crippen LogP contribution in [-0.4, -0.2) is 90.5 Å². The molecule has 2 saturated heterocycles. The molecule has 0 bridgehead atoms. The van der Waals surface area contributed by atoms with Gasteiger partial charge in [-0.15, -0.1) is 0 Å². The zero-order valence-corrected chi connectivity index (χ0v) is 19.8. The van der Waals surface area contributed by atoms with Crippen molar-refractivity contribution in [2.75, 3.05) is 58.9 Å². The van der Waals surface area contributed by atoms with Crippen molar-refractivity contribution in [2.24, 2.45) is 16.8 Å². The molecule has 2 atom stereocenters. The van der Waals surface area contributed by atoms with Gasteiger partial charge in [0.25, 0.3) is 0 Å². The number of rotatable bonds is 6. The largest absolute Gasteiger partial charge is 0.357 e. The lowest BCUT2D eigenvalue weighted by atomic mass is 9.92. The summed E-state index contributed by atoms with van der Waals surface area (Å²) in [5, 5.41) is 3.44. The predicted molar refractivity (Wildman–Crippen MR) is 126 cm³/mol. The summed E-state index contributed by atoms with van der Waals surface area (Å²) >= 11 is 0. The van der Waals surface area contributed by atoms with Crippen LogP contribution in [0.15, 0.2) is 23.5 Å². The van der Waals surface area contributed by atoms with Crippen molar-refractivity contribution in [2.45, 2.75) is 40.5 Å². The Hall–Kier alpha value is -2.15. The number of piperazine rings is 1. The molecule has 1 N–H and O–H groups in total. The molecule has 2 fully saturated rings. The molecule has 7 nitrogen and oxygen atoms in total. The first-order chi connectivity index (χ1) is 15.0. The number of hydrogen-bond donors (Lipinski definition) is 1. The number of carbonyl (C=O) groups excluding carboxylic acids is 1. The van der Waals surface area contributed by atoms with Crippen molar-refractivity contribution in [3.63, 3.8) is 0 Å². The molecule has 3 rings (SSSR count). The first-order valence-corrected chi connectivity index (χ1v) is 11.9. The molecule has 0 aromatic carbocycles. The number of likely N-dealkylation sites (tertiary alicyclic amines) is 1. The Bertz CT molecular complexity index is 733. The van der Waals surface area contributed by atoms with E-state index in [0.717, 1.165) is 64.7 Å². The fraction of sp³-hybridized carbons (Fsp3) is 0.708. The molecule has 3 heterocycles. The van der Waals surface area contributed by atoms with E-state index >= 15 is 0 Å². The molecular weight excluding hydrogens is 388 g/mol. The molecule has 2 aliphatic heterocycles. The highest BCUT2D eigenvalue weighted by Gasteiger charge is 2.28. The van der Waals surface area contributed by atoms with Crippen LogP contribution in [0.4, 0.5) is 0 Å². The predicted octanol–water partition coefficient (Wildman–Crippen LogP) is 2.02. The molecule has 1 aromatic heterocycles. The zero-order valence-electron chi connectivity index (χ0n) is 19.8. The summed E-state index contributed by atoms with van der Waals surface area (Å²) in [6, 6.07) is 2.08. The lowest BCUT2D eigenvalue weighted by Crippen LogP contribution is -2.55. The molecule has 2 aliphatic rings. The maximum absolute atomic E-state index is 12.8. The maximum Gasteiger partial charge on any atom is 0.236 e. The number of aryl methyl sites for hydroxylation is 1. The van der Waals surface area contributed by atoms with Gasteiger partial charge >= 0.3 is 0 Å². The number of nitrogens with zero attached hydrogens (tertiary/aromatic N) is 5. The van der Waals surface area contributed by atoms with E-state index in [4.69, 9.17) is 4.99 Å². The number of piperidine rings is 1. The average molecular weight is 429 g/mol. The van der Waals surface area contributed by atoms with Gasteiger partial charge in [-0.3, -0.25) is 19.7 Å². The Balaban J connectivity index is 1.48. The van der Waals surface area contributed by atoms with Gasteiger partial charge in [-0.2, -0.15) is 0 Å². The minimum absolute atomic E-state index is 0.292. The molecule has 0 aliphatic carbocycles. The molecular formula is C24H40N6O. The number of carbonyl (C=O) groups is 1. The summed E-state index contributed by atoms with van der Waals surface area (Å²) in [6.45, 7) is 16.3. The minimum atomic E-state index is 0.292. The van der Waals surface area contributed by atoms with Crippen molar-refractivity contribution in [3.8, 4) is 0 Å². The molecule has 0 saturated carbocycles. The Labute approximate surface area is 187 Å². The molecule has 0 radical (unpaired) electrons. The summed E-state index contributed by atoms with van der Waals surface area (Å²) < 4.78 is 0. The quantitative estimate of drug-likeness (QED) is 0.555. The highest BCUT2D eigenvalue weighted by atomic mass is 16.2. The van der Waals surface area contributed by atoms with Crippen molar-refractivity contribution in [3.05, 3.63) is 29.6 Å². The van der Waals surface area contributed by atoms with Gasteiger partial charge in [0.05, 0.1) is 6.54 Å². The van der Waals surface area contributed by atoms with Gasteiger partial charge in [-0.25, -0.2) is 0 Å². The fourth-order valence-corrected chi connectivity index (χ4v) is 4.77. The second-order valence-electron chi connectivity index (χ2n) is 9.30. The van der Waals surface area contributed by atoms with Gasteiger partial charge < -0.3 is 15.1 Å². The highest BCUT2D eigenvalue weighted by molar-refractivity contribution is 5.80. The van der Waals surface area contributed by atoms with Crippen LogP contribution in [0.25, 0.3) is 0 Å². The maximum atomic E-state index is 12.8. The summed E-state index contributed by atoms with van der Waals surface area (Å²) in [4.78, 5) is 28.6. The first kappa shape index (κ1) is 23.5. The van der Waals surface area contributed by atoms with E-state index in [9.17, 15) is 4.79 Å². The van der Waals surface area contributed by atoms with E-state index in [2.05, 4.69) is 58.8 Å². The Morgan fingerprint density at radius 3 is 2.52 bits per heavy atom. The van der Waals surface area contributed by atoms with Crippen LogP contribution < -0.4 is 5.32 Å². The zero-order chi connectivity index (χ0) is 22.2. The van der Waals surface area contributed by atoms with Crippen LogP contribution in [0.3, 0.4) is 0 Å². The summed E-state index contributed by atoms with van der Waals surface area (Å²) in [6.07, 6.45) is 5.92. The minimum Gasteiger partial charge on any atom is -0.357 e. The van der Waals surface area contributed by atoms with Crippen LogP contribution in [-0.2, 0) is 11.2 Å². The third-order valence-corrected chi connectivity index (χ3v) is 6.37. The molecule has 0 spiro atoms. The van der Waals surface area contributed by atoms with E-state index < -0.39 is 0 Å². The van der Waals surface area contributed by atoms with Gasteiger partial charge in [-0.05, 0) is 55.7 Å². The normalized spacial score (nSPS) is 23.2. The smallest absolute Gasteiger partial charge is 0.236 e. The van der Waals surface area contributed by atoms with Gasteiger partial charge in [0.2, 0.25) is 5.91 Å². The van der Waals surface area contributed by atoms with Gasteiger partial charge in [0.15, 0.2) is 5.96 Å². The van der Waals surface area contributed by atoms with Gasteiger partial charge in [0.1, 0.15) is 0 Å². The average Bonchev–Trinajstić information content (AvgIpc) is 2.74. The molecule has 1 aromatic rings. The van der Waals surface area contributed by atoms with E-state index in [1.807, 2.05) is 12.4 Å². The van der Waals surface area contributed by atoms with Crippen LogP contribution in [0.2, 0.25) is 0 Å². The van der Waals surface area contributed by atoms with Crippen molar-refractivity contribution >= 4 is 11.9 Å². The monoisotopic (exact) mass is 428 g/mol. The van der Waals surface area contributed by atoms with E-state index in [1.165, 1.54) is 17.5 Å². The van der Waals surface area contributed by atoms with Gasteiger partial charge in [-0.1, -0.05) is 13.8 Å². The standard InChI is InChI=1S/C24H40N6O/c1-5-26-24(27-9-7-22-6-8-25-15-21(22)4)29-12-10-28(11-13-29)18-23(31)30-16-19(2)14-20(3)17-30/h6,8,15,19-20H,5,7,9-14,16-18H2,1-4H3,(H,26,27). The van der Waals surface area contributed by atoms with Crippen molar-refractivity contribution in [1.82, 2.24) is 25.0 Å². The van der Waals surface area contributed by atoms with Crippen molar-refractivity contribution in [1.29, 1.82) is 0 Å². The number of aromatic nitrogens is 1. The fourth-order valence-electron chi connectivity index (χ4n) is 4.77.